The highest BCUT2D eigenvalue weighted by Gasteiger charge is 2.41. The average Bonchev–Trinajstić information content (AvgIpc) is 2.89. The van der Waals surface area contributed by atoms with E-state index in [2.05, 4.69) is 72.5 Å². The first kappa shape index (κ1) is 23.0. The predicted molar refractivity (Wildman–Crippen MR) is 138 cm³/mol. The maximum absolute atomic E-state index is 6.39. The Balaban J connectivity index is 1.41. The van der Waals surface area contributed by atoms with E-state index in [4.69, 9.17) is 9.47 Å². The molecular weight excluding hydrogens is 418 g/mol. The molecule has 178 valence electrons. The van der Waals surface area contributed by atoms with Gasteiger partial charge in [-0.25, -0.2) is 0 Å². The fourth-order valence-corrected chi connectivity index (χ4v) is 5.80. The van der Waals surface area contributed by atoms with Crippen LogP contribution in [0, 0.1) is 0 Å². The van der Waals surface area contributed by atoms with E-state index < -0.39 is 0 Å². The van der Waals surface area contributed by atoms with Crippen LogP contribution in [-0.4, -0.2) is 23.5 Å². The molecule has 34 heavy (non-hydrogen) atoms. The molecule has 0 amide bonds. The van der Waals surface area contributed by atoms with Gasteiger partial charge in [0.05, 0.1) is 0 Å². The first-order valence-electron chi connectivity index (χ1n) is 13.0. The molecule has 3 nitrogen and oxygen atoms in total. The fourth-order valence-electron chi connectivity index (χ4n) is 5.80. The third kappa shape index (κ3) is 5.15. The molecule has 1 heterocycles. The molecule has 1 aliphatic carbocycles. The number of hydrogen-bond donors (Lipinski definition) is 0. The maximum Gasteiger partial charge on any atom is 0.161 e. The molecule has 3 aromatic carbocycles. The van der Waals surface area contributed by atoms with E-state index in [1.807, 2.05) is 12.1 Å². The molecular formula is C31H37NO2. The topological polar surface area (TPSA) is 21.7 Å². The SMILES string of the molecule is CCCN1CCCCC12CCc1cc(OCc3ccccc3)c(OCc3ccccc3)cc1C2. The summed E-state index contributed by atoms with van der Waals surface area (Å²) in [6, 6.07) is 25.3. The Hall–Kier alpha value is -2.78. The van der Waals surface area contributed by atoms with E-state index in [1.165, 1.54) is 67.4 Å². The maximum atomic E-state index is 6.39. The Bertz CT molecular complexity index is 1060. The molecule has 0 radical (unpaired) electrons. The van der Waals surface area contributed by atoms with Gasteiger partial charge in [0.25, 0.3) is 0 Å². The molecule has 1 unspecified atom stereocenters. The molecule has 0 saturated carbocycles. The Morgan fingerprint density at radius 3 is 2.00 bits per heavy atom. The molecule has 3 aromatic rings. The van der Waals surface area contributed by atoms with Crippen LogP contribution in [0.4, 0.5) is 0 Å². The molecule has 2 aliphatic rings. The standard InChI is InChI=1S/C31H37NO2/c1-2-18-32-19-10-9-16-31(32)17-15-27-20-29(33-23-25-11-5-3-6-12-25)30(21-28(27)22-31)34-24-26-13-7-4-8-14-26/h3-8,11-14,20-21H,2,9-10,15-19,22-24H2,1H3. The van der Waals surface area contributed by atoms with Crippen LogP contribution in [-0.2, 0) is 26.1 Å². The van der Waals surface area contributed by atoms with Gasteiger partial charge in [-0.3, -0.25) is 4.90 Å². The Morgan fingerprint density at radius 2 is 1.38 bits per heavy atom. The van der Waals surface area contributed by atoms with Crippen molar-refractivity contribution in [2.75, 3.05) is 13.1 Å². The van der Waals surface area contributed by atoms with Crippen LogP contribution < -0.4 is 9.47 Å². The highest BCUT2D eigenvalue weighted by atomic mass is 16.5. The van der Waals surface area contributed by atoms with Crippen molar-refractivity contribution in [3.8, 4) is 11.5 Å². The normalized spacial score (nSPS) is 20.1. The molecule has 1 spiro atoms. The van der Waals surface area contributed by atoms with Crippen molar-refractivity contribution < 1.29 is 9.47 Å². The largest absolute Gasteiger partial charge is 0.485 e. The van der Waals surface area contributed by atoms with Crippen LogP contribution >= 0.6 is 0 Å². The van der Waals surface area contributed by atoms with Gasteiger partial charge in [0, 0.05) is 5.54 Å². The lowest BCUT2D eigenvalue weighted by Crippen LogP contribution is -2.55. The third-order valence-electron chi connectivity index (χ3n) is 7.60. The van der Waals surface area contributed by atoms with Crippen molar-refractivity contribution >= 4 is 0 Å². The summed E-state index contributed by atoms with van der Waals surface area (Å²) in [6.07, 6.45) is 8.74. The summed E-state index contributed by atoms with van der Waals surface area (Å²) in [4.78, 5) is 2.80. The van der Waals surface area contributed by atoms with E-state index in [-0.39, 0.29) is 0 Å². The summed E-state index contributed by atoms with van der Waals surface area (Å²) in [5, 5.41) is 0. The van der Waals surface area contributed by atoms with Gasteiger partial charge in [-0.05, 0) is 86.0 Å². The van der Waals surface area contributed by atoms with Gasteiger partial charge in [-0.2, -0.15) is 0 Å². The monoisotopic (exact) mass is 455 g/mol. The number of rotatable bonds is 8. The number of benzene rings is 3. The van der Waals surface area contributed by atoms with Crippen LogP contribution in [0.15, 0.2) is 72.8 Å². The van der Waals surface area contributed by atoms with E-state index in [1.54, 1.807) is 0 Å². The van der Waals surface area contributed by atoms with Crippen LogP contribution in [0.25, 0.3) is 0 Å². The number of aryl methyl sites for hydroxylation is 1. The Labute approximate surface area is 204 Å². The fraction of sp³-hybridized carbons (Fsp3) is 0.419. The summed E-state index contributed by atoms with van der Waals surface area (Å²) in [7, 11) is 0. The number of hydrogen-bond acceptors (Lipinski definition) is 3. The number of ether oxygens (including phenoxy) is 2. The lowest BCUT2D eigenvalue weighted by atomic mass is 9.72. The van der Waals surface area contributed by atoms with Crippen molar-refractivity contribution in [2.24, 2.45) is 0 Å². The lowest BCUT2D eigenvalue weighted by Gasteiger charge is -2.50. The minimum absolute atomic E-state index is 0.324. The van der Waals surface area contributed by atoms with E-state index in [9.17, 15) is 0 Å². The minimum atomic E-state index is 0.324. The number of nitrogens with zero attached hydrogens (tertiary/aromatic N) is 1. The molecule has 1 saturated heterocycles. The van der Waals surface area contributed by atoms with Crippen LogP contribution in [0.2, 0.25) is 0 Å². The number of likely N-dealkylation sites (tertiary alicyclic amines) is 1. The zero-order chi connectivity index (χ0) is 23.2. The minimum Gasteiger partial charge on any atom is -0.485 e. The second-order valence-corrected chi connectivity index (χ2v) is 9.96. The van der Waals surface area contributed by atoms with Gasteiger partial charge in [0.15, 0.2) is 11.5 Å². The van der Waals surface area contributed by atoms with Gasteiger partial charge in [-0.1, -0.05) is 74.0 Å². The van der Waals surface area contributed by atoms with Gasteiger partial charge < -0.3 is 9.47 Å². The summed E-state index contributed by atoms with van der Waals surface area (Å²) >= 11 is 0. The molecule has 1 aliphatic heterocycles. The first-order valence-corrected chi connectivity index (χ1v) is 13.0. The summed E-state index contributed by atoms with van der Waals surface area (Å²) in [5.41, 5.74) is 5.55. The summed E-state index contributed by atoms with van der Waals surface area (Å²) in [5.74, 6) is 1.73. The van der Waals surface area contributed by atoms with E-state index in [0.29, 0.717) is 18.8 Å². The quantitative estimate of drug-likeness (QED) is 0.366. The van der Waals surface area contributed by atoms with Gasteiger partial charge in [0.1, 0.15) is 13.2 Å². The second kappa shape index (κ2) is 10.7. The van der Waals surface area contributed by atoms with Crippen LogP contribution in [0.5, 0.6) is 11.5 Å². The molecule has 1 atom stereocenters. The number of fused-ring (bicyclic) bond motifs is 1. The zero-order valence-corrected chi connectivity index (χ0v) is 20.5. The second-order valence-electron chi connectivity index (χ2n) is 9.96. The summed E-state index contributed by atoms with van der Waals surface area (Å²) < 4.78 is 12.7. The molecule has 0 N–H and O–H groups in total. The van der Waals surface area contributed by atoms with Crippen molar-refractivity contribution in [2.45, 2.75) is 70.6 Å². The van der Waals surface area contributed by atoms with Crippen molar-refractivity contribution in [3.05, 3.63) is 95.1 Å². The average molecular weight is 456 g/mol. The highest BCUT2D eigenvalue weighted by Crippen LogP contribution is 2.43. The van der Waals surface area contributed by atoms with Crippen molar-refractivity contribution in [1.82, 2.24) is 4.90 Å². The lowest BCUT2D eigenvalue weighted by molar-refractivity contribution is 0.0339. The third-order valence-corrected chi connectivity index (χ3v) is 7.60. The zero-order valence-electron chi connectivity index (χ0n) is 20.5. The molecule has 0 aromatic heterocycles. The summed E-state index contributed by atoms with van der Waals surface area (Å²) in [6.45, 7) is 5.87. The highest BCUT2D eigenvalue weighted by molar-refractivity contribution is 5.49. The van der Waals surface area contributed by atoms with E-state index in [0.717, 1.165) is 24.3 Å². The Kier molecular flexibility index (Phi) is 7.20. The van der Waals surface area contributed by atoms with Gasteiger partial charge >= 0.3 is 0 Å². The molecule has 1 fully saturated rings. The molecule has 5 rings (SSSR count). The van der Waals surface area contributed by atoms with E-state index >= 15 is 0 Å². The first-order chi connectivity index (χ1) is 16.8. The van der Waals surface area contributed by atoms with Gasteiger partial charge in [0.2, 0.25) is 0 Å². The predicted octanol–water partition coefficient (Wildman–Crippen LogP) is 6.97. The van der Waals surface area contributed by atoms with Crippen LogP contribution in [0.1, 0.15) is 61.3 Å². The number of piperidine rings is 1. The van der Waals surface area contributed by atoms with Crippen molar-refractivity contribution in [1.29, 1.82) is 0 Å². The smallest absolute Gasteiger partial charge is 0.161 e. The van der Waals surface area contributed by atoms with Crippen molar-refractivity contribution in [3.63, 3.8) is 0 Å². The molecule has 3 heteroatoms. The molecule has 0 bridgehead atoms. The van der Waals surface area contributed by atoms with Gasteiger partial charge in [-0.15, -0.1) is 0 Å². The Morgan fingerprint density at radius 1 is 0.765 bits per heavy atom. The van der Waals surface area contributed by atoms with Crippen LogP contribution in [0.3, 0.4) is 0 Å².